The van der Waals surface area contributed by atoms with Crippen molar-refractivity contribution in [2.75, 3.05) is 6.54 Å². The smallest absolute Gasteiger partial charge is 0.320 e. The van der Waals surface area contributed by atoms with E-state index in [4.69, 9.17) is 32.5 Å². The zero-order valence-corrected chi connectivity index (χ0v) is 11.6. The minimum atomic E-state index is -1.05. The van der Waals surface area contributed by atoms with Crippen LogP contribution in [0.25, 0.3) is 0 Å². The molecule has 0 aromatic rings. The van der Waals surface area contributed by atoms with Crippen LogP contribution in [-0.4, -0.2) is 51.8 Å². The first-order chi connectivity index (χ1) is 9.66. The number of rotatable bonds is 9. The van der Waals surface area contributed by atoms with Crippen LogP contribution in [-0.2, 0) is 14.4 Å². The molecule has 0 saturated carbocycles. The lowest BCUT2D eigenvalue weighted by Crippen LogP contribution is -2.31. The third kappa shape index (κ3) is 20.1. The van der Waals surface area contributed by atoms with Gasteiger partial charge in [0.05, 0.1) is 0 Å². The Kier molecular flexibility index (Phi) is 12.6. The number of aliphatic carboxylic acids is 3. The van der Waals surface area contributed by atoms with Crippen molar-refractivity contribution < 1.29 is 29.7 Å². The first kappa shape index (κ1) is 20.9. The highest BCUT2D eigenvalue weighted by Gasteiger charge is 2.09. The highest BCUT2D eigenvalue weighted by Crippen LogP contribution is 1.98. The van der Waals surface area contributed by atoms with Crippen LogP contribution in [0.3, 0.4) is 0 Å². The molecule has 0 aliphatic rings. The van der Waals surface area contributed by atoms with Gasteiger partial charge in [0, 0.05) is 19.4 Å². The SMILES string of the molecule is NC(N)=NCCC(N)C(=O)O.O=C(O)CCCCC(=O)O. The lowest BCUT2D eigenvalue weighted by molar-refractivity contribution is -0.139. The first-order valence-electron chi connectivity index (χ1n) is 6.14. The Balaban J connectivity index is 0. The molecule has 9 N–H and O–H groups in total. The van der Waals surface area contributed by atoms with Crippen LogP contribution < -0.4 is 17.2 Å². The summed E-state index contributed by atoms with van der Waals surface area (Å²) >= 11 is 0. The normalized spacial score (nSPS) is 10.7. The third-order valence-electron chi connectivity index (χ3n) is 2.08. The van der Waals surface area contributed by atoms with Crippen LogP contribution >= 0.6 is 0 Å². The molecular weight excluding hydrogens is 284 g/mol. The van der Waals surface area contributed by atoms with E-state index in [0.717, 1.165) is 0 Å². The van der Waals surface area contributed by atoms with Crippen LogP contribution in [0.15, 0.2) is 4.99 Å². The van der Waals surface area contributed by atoms with Gasteiger partial charge < -0.3 is 32.5 Å². The average molecular weight is 306 g/mol. The van der Waals surface area contributed by atoms with E-state index >= 15 is 0 Å². The van der Waals surface area contributed by atoms with Crippen LogP contribution in [0.5, 0.6) is 0 Å². The molecule has 10 nitrogen and oxygen atoms in total. The van der Waals surface area contributed by atoms with Crippen molar-refractivity contribution in [1.29, 1.82) is 0 Å². The zero-order chi connectivity index (χ0) is 16.8. The molecule has 0 heterocycles. The van der Waals surface area contributed by atoms with Crippen molar-refractivity contribution in [3.63, 3.8) is 0 Å². The van der Waals surface area contributed by atoms with E-state index in [0.29, 0.717) is 12.8 Å². The van der Waals surface area contributed by atoms with Gasteiger partial charge in [-0.1, -0.05) is 0 Å². The minimum absolute atomic E-state index is 0.0532. The highest BCUT2D eigenvalue weighted by molar-refractivity contribution is 5.76. The van der Waals surface area contributed by atoms with Crippen molar-refractivity contribution in [2.45, 2.75) is 38.1 Å². The Labute approximate surface area is 121 Å². The summed E-state index contributed by atoms with van der Waals surface area (Å²) in [7, 11) is 0. The van der Waals surface area contributed by atoms with E-state index in [9.17, 15) is 14.4 Å². The van der Waals surface area contributed by atoms with Crippen molar-refractivity contribution in [3.05, 3.63) is 0 Å². The summed E-state index contributed by atoms with van der Waals surface area (Å²) in [6.07, 6.45) is 1.26. The Morgan fingerprint density at radius 1 is 0.952 bits per heavy atom. The number of nitrogens with zero attached hydrogens (tertiary/aromatic N) is 1. The van der Waals surface area contributed by atoms with Crippen LogP contribution in [0.1, 0.15) is 32.1 Å². The molecule has 21 heavy (non-hydrogen) atoms. The van der Waals surface area contributed by atoms with Crippen molar-refractivity contribution in [3.8, 4) is 0 Å². The summed E-state index contributed by atoms with van der Waals surface area (Å²) in [6, 6.07) is -0.891. The predicted octanol–water partition coefficient (Wildman–Crippen LogP) is -1.22. The van der Waals surface area contributed by atoms with E-state index in [1.807, 2.05) is 0 Å². The maximum Gasteiger partial charge on any atom is 0.320 e. The van der Waals surface area contributed by atoms with Gasteiger partial charge in [-0.3, -0.25) is 19.4 Å². The molecule has 0 spiro atoms. The van der Waals surface area contributed by atoms with Gasteiger partial charge in [-0.2, -0.15) is 0 Å². The van der Waals surface area contributed by atoms with Crippen LogP contribution in [0.2, 0.25) is 0 Å². The molecule has 10 heteroatoms. The number of carbonyl (C=O) groups is 3. The Morgan fingerprint density at radius 3 is 1.67 bits per heavy atom. The summed E-state index contributed by atoms with van der Waals surface area (Å²) in [4.78, 5) is 33.5. The number of unbranched alkanes of at least 4 members (excludes halogenated alkanes) is 1. The lowest BCUT2D eigenvalue weighted by Gasteiger charge is -2.02. The summed E-state index contributed by atoms with van der Waals surface area (Å²) in [5.41, 5.74) is 15.1. The molecule has 1 unspecified atom stereocenters. The standard InChI is InChI=1S/C6H10O4.C5H12N4O2/c7-5(8)3-1-2-4-6(9)10;6-3(4(10)11)1-2-9-5(7)8/h1-4H2,(H,7,8)(H,9,10);3H,1-2,6H2,(H,10,11)(H4,7,8,9). The van der Waals surface area contributed by atoms with Gasteiger partial charge in [-0.25, -0.2) is 0 Å². The number of aliphatic imine (C=N–C) groups is 1. The van der Waals surface area contributed by atoms with Gasteiger partial charge in [-0.15, -0.1) is 0 Å². The number of nitrogens with two attached hydrogens (primary N) is 3. The maximum absolute atomic E-state index is 10.1. The second kappa shape index (κ2) is 12.7. The quantitative estimate of drug-likeness (QED) is 0.171. The molecule has 0 radical (unpaired) electrons. The van der Waals surface area contributed by atoms with Gasteiger partial charge in [0.2, 0.25) is 0 Å². The number of hydrogen-bond donors (Lipinski definition) is 6. The minimum Gasteiger partial charge on any atom is -0.481 e. The molecule has 0 aromatic carbocycles. The molecule has 0 saturated heterocycles. The molecule has 0 bridgehead atoms. The van der Waals surface area contributed by atoms with Crippen LogP contribution in [0.4, 0.5) is 0 Å². The second-order valence-corrected chi connectivity index (χ2v) is 4.03. The molecule has 0 amide bonds. The summed E-state index contributed by atoms with van der Waals surface area (Å²) in [6.45, 7) is 0.246. The topological polar surface area (TPSA) is 202 Å². The van der Waals surface area contributed by atoms with Gasteiger partial charge >= 0.3 is 17.9 Å². The van der Waals surface area contributed by atoms with Gasteiger partial charge in [0.25, 0.3) is 0 Å². The average Bonchev–Trinajstić information content (AvgIpc) is 2.34. The molecule has 122 valence electrons. The number of guanidine groups is 1. The Bertz CT molecular complexity index is 352. The number of carboxylic acids is 3. The fourth-order valence-corrected chi connectivity index (χ4v) is 1.01. The Morgan fingerprint density at radius 2 is 1.38 bits per heavy atom. The molecule has 0 aliphatic heterocycles. The van der Waals surface area contributed by atoms with E-state index in [1.54, 1.807) is 0 Å². The van der Waals surface area contributed by atoms with Gasteiger partial charge in [-0.05, 0) is 19.3 Å². The van der Waals surface area contributed by atoms with Crippen molar-refractivity contribution in [2.24, 2.45) is 22.2 Å². The van der Waals surface area contributed by atoms with Gasteiger partial charge in [0.1, 0.15) is 6.04 Å². The molecule has 0 aromatic heterocycles. The third-order valence-corrected chi connectivity index (χ3v) is 2.08. The van der Waals surface area contributed by atoms with Gasteiger partial charge in [0.15, 0.2) is 5.96 Å². The molecule has 0 rings (SSSR count). The van der Waals surface area contributed by atoms with E-state index in [1.165, 1.54) is 0 Å². The molecule has 1 atom stereocenters. The van der Waals surface area contributed by atoms with Crippen molar-refractivity contribution >= 4 is 23.9 Å². The molecular formula is C11H22N4O6. The molecule has 0 fully saturated rings. The molecule has 0 aliphatic carbocycles. The fraction of sp³-hybridized carbons (Fsp3) is 0.636. The maximum atomic E-state index is 10.1. The predicted molar refractivity (Wildman–Crippen MR) is 74.6 cm³/mol. The van der Waals surface area contributed by atoms with Crippen molar-refractivity contribution in [1.82, 2.24) is 0 Å². The zero-order valence-electron chi connectivity index (χ0n) is 11.6. The van der Waals surface area contributed by atoms with E-state index in [-0.39, 0.29) is 31.8 Å². The summed E-state index contributed by atoms with van der Waals surface area (Å²) < 4.78 is 0. The largest absolute Gasteiger partial charge is 0.481 e. The number of hydrogen-bond acceptors (Lipinski definition) is 5. The summed E-state index contributed by atoms with van der Waals surface area (Å²) in [5, 5.41) is 24.6. The monoisotopic (exact) mass is 306 g/mol. The fourth-order valence-electron chi connectivity index (χ4n) is 1.01. The van der Waals surface area contributed by atoms with Crippen LogP contribution in [0, 0.1) is 0 Å². The van der Waals surface area contributed by atoms with E-state index in [2.05, 4.69) is 4.99 Å². The Hall–Kier alpha value is -2.36. The first-order valence-corrected chi connectivity index (χ1v) is 6.14. The van der Waals surface area contributed by atoms with E-state index < -0.39 is 23.9 Å². The number of carboxylic acid groups (broad SMARTS) is 3. The summed E-state index contributed by atoms with van der Waals surface area (Å²) in [5.74, 6) is -2.84. The second-order valence-electron chi connectivity index (χ2n) is 4.03. The highest BCUT2D eigenvalue weighted by atomic mass is 16.4. The lowest BCUT2D eigenvalue weighted by atomic mass is 10.2.